The largest absolute Gasteiger partial charge is 0.385 e. The number of piperidine rings is 1. The summed E-state index contributed by atoms with van der Waals surface area (Å²) in [5, 5.41) is 11.0. The van der Waals surface area contributed by atoms with E-state index < -0.39 is 5.60 Å². The fourth-order valence-electron chi connectivity index (χ4n) is 3.35. The molecule has 1 aliphatic heterocycles. The fourth-order valence-corrected chi connectivity index (χ4v) is 3.35. The van der Waals surface area contributed by atoms with Crippen molar-refractivity contribution in [3.8, 4) is 0 Å². The molecule has 1 aliphatic rings. The fraction of sp³-hybridized carbons (Fsp3) is 0.474. The van der Waals surface area contributed by atoms with Crippen LogP contribution in [0.5, 0.6) is 0 Å². The van der Waals surface area contributed by atoms with Gasteiger partial charge in [0, 0.05) is 44.0 Å². The predicted octanol–water partition coefficient (Wildman–Crippen LogP) is 2.83. The molecule has 2 aromatic rings. The zero-order valence-corrected chi connectivity index (χ0v) is 14.0. The molecule has 23 heavy (non-hydrogen) atoms. The highest BCUT2D eigenvalue weighted by molar-refractivity contribution is 5.31. The molecule has 1 saturated heterocycles. The molecule has 0 unspecified atom stereocenters. The van der Waals surface area contributed by atoms with Gasteiger partial charge >= 0.3 is 0 Å². The summed E-state index contributed by atoms with van der Waals surface area (Å²) in [5.41, 5.74) is 2.70. The summed E-state index contributed by atoms with van der Waals surface area (Å²) in [6.45, 7) is 6.77. The summed E-state index contributed by atoms with van der Waals surface area (Å²) in [7, 11) is 0. The standard InChI is InChI=1S/C19H25N3O/c1-3-18-20-12-16(13-21-18)14-22-10-8-19(23,9-11-22)17-7-5-4-6-15(17)2/h4-7,12-13,23H,3,8-11,14H2,1-2H3. The Bertz CT molecular complexity index is 646. The van der Waals surface area contributed by atoms with E-state index in [1.807, 2.05) is 24.5 Å². The first-order valence-electron chi connectivity index (χ1n) is 8.41. The summed E-state index contributed by atoms with van der Waals surface area (Å²) in [5.74, 6) is 0.890. The van der Waals surface area contributed by atoms with Gasteiger partial charge in [-0.05, 0) is 30.9 Å². The molecule has 4 heteroatoms. The van der Waals surface area contributed by atoms with Crippen LogP contribution in [-0.4, -0.2) is 33.1 Å². The Kier molecular flexibility index (Phi) is 4.74. The summed E-state index contributed by atoms with van der Waals surface area (Å²) in [4.78, 5) is 11.1. The Morgan fingerprint density at radius 2 is 1.78 bits per heavy atom. The van der Waals surface area contributed by atoms with E-state index in [4.69, 9.17) is 0 Å². The first-order chi connectivity index (χ1) is 11.1. The van der Waals surface area contributed by atoms with Gasteiger partial charge in [-0.25, -0.2) is 9.97 Å². The summed E-state index contributed by atoms with van der Waals surface area (Å²) >= 11 is 0. The lowest BCUT2D eigenvalue weighted by atomic mass is 9.82. The Morgan fingerprint density at radius 3 is 2.39 bits per heavy atom. The van der Waals surface area contributed by atoms with Crippen LogP contribution in [0.3, 0.4) is 0 Å². The van der Waals surface area contributed by atoms with E-state index in [-0.39, 0.29) is 0 Å². The molecule has 0 saturated carbocycles. The van der Waals surface area contributed by atoms with Gasteiger partial charge in [0.25, 0.3) is 0 Å². The maximum Gasteiger partial charge on any atom is 0.127 e. The van der Waals surface area contributed by atoms with E-state index in [0.717, 1.165) is 55.8 Å². The molecular weight excluding hydrogens is 286 g/mol. The Morgan fingerprint density at radius 1 is 1.13 bits per heavy atom. The van der Waals surface area contributed by atoms with E-state index in [9.17, 15) is 5.11 Å². The first-order valence-corrected chi connectivity index (χ1v) is 8.41. The molecule has 0 bridgehead atoms. The SMILES string of the molecule is CCc1ncc(CN2CCC(O)(c3ccccc3C)CC2)cn1. The minimum Gasteiger partial charge on any atom is -0.385 e. The van der Waals surface area contributed by atoms with Crippen LogP contribution in [0.15, 0.2) is 36.7 Å². The Labute approximate surface area is 138 Å². The second kappa shape index (κ2) is 6.77. The minimum absolute atomic E-state index is 0.690. The van der Waals surface area contributed by atoms with Crippen molar-refractivity contribution in [2.75, 3.05) is 13.1 Å². The second-order valence-corrected chi connectivity index (χ2v) is 6.48. The van der Waals surface area contributed by atoms with Crippen molar-refractivity contribution < 1.29 is 5.11 Å². The molecule has 0 amide bonds. The van der Waals surface area contributed by atoms with Gasteiger partial charge in [-0.15, -0.1) is 0 Å². The molecule has 3 rings (SSSR count). The average molecular weight is 311 g/mol. The van der Waals surface area contributed by atoms with Crippen LogP contribution < -0.4 is 0 Å². The van der Waals surface area contributed by atoms with Gasteiger partial charge in [-0.3, -0.25) is 4.90 Å². The van der Waals surface area contributed by atoms with Crippen molar-refractivity contribution in [1.82, 2.24) is 14.9 Å². The van der Waals surface area contributed by atoms with Gasteiger partial charge in [0.15, 0.2) is 0 Å². The summed E-state index contributed by atoms with van der Waals surface area (Å²) < 4.78 is 0. The Hall–Kier alpha value is -1.78. The average Bonchev–Trinajstić information content (AvgIpc) is 2.58. The molecule has 1 fully saturated rings. The molecule has 1 N–H and O–H groups in total. The molecule has 1 aromatic carbocycles. The van der Waals surface area contributed by atoms with Gasteiger partial charge in [-0.2, -0.15) is 0 Å². The third-order valence-electron chi connectivity index (χ3n) is 4.81. The minimum atomic E-state index is -0.690. The lowest BCUT2D eigenvalue weighted by Gasteiger charge is -2.39. The van der Waals surface area contributed by atoms with Gasteiger partial charge in [0.1, 0.15) is 5.82 Å². The van der Waals surface area contributed by atoms with Crippen LogP contribution in [-0.2, 0) is 18.6 Å². The Balaban J connectivity index is 1.62. The van der Waals surface area contributed by atoms with E-state index in [1.165, 1.54) is 5.56 Å². The number of rotatable bonds is 4. The van der Waals surface area contributed by atoms with Crippen molar-refractivity contribution >= 4 is 0 Å². The molecule has 0 spiro atoms. The van der Waals surface area contributed by atoms with E-state index in [0.29, 0.717) is 0 Å². The highest BCUT2D eigenvalue weighted by atomic mass is 16.3. The van der Waals surface area contributed by atoms with Gasteiger partial charge in [0.05, 0.1) is 5.60 Å². The topological polar surface area (TPSA) is 49.2 Å². The molecular formula is C19H25N3O. The van der Waals surface area contributed by atoms with Crippen LogP contribution in [0.1, 0.15) is 42.3 Å². The van der Waals surface area contributed by atoms with Crippen molar-refractivity contribution in [2.24, 2.45) is 0 Å². The molecule has 122 valence electrons. The van der Waals surface area contributed by atoms with Crippen molar-refractivity contribution in [3.63, 3.8) is 0 Å². The molecule has 4 nitrogen and oxygen atoms in total. The smallest absolute Gasteiger partial charge is 0.127 e. The number of aryl methyl sites for hydroxylation is 2. The van der Waals surface area contributed by atoms with Gasteiger partial charge < -0.3 is 5.11 Å². The lowest BCUT2D eigenvalue weighted by molar-refractivity contribution is -0.0282. The van der Waals surface area contributed by atoms with Crippen LogP contribution in [0.4, 0.5) is 0 Å². The van der Waals surface area contributed by atoms with Gasteiger partial charge in [-0.1, -0.05) is 31.2 Å². The maximum absolute atomic E-state index is 11.0. The third-order valence-corrected chi connectivity index (χ3v) is 4.81. The van der Waals surface area contributed by atoms with E-state index >= 15 is 0 Å². The number of aromatic nitrogens is 2. The molecule has 0 radical (unpaired) electrons. The third kappa shape index (κ3) is 3.59. The van der Waals surface area contributed by atoms with Crippen LogP contribution >= 0.6 is 0 Å². The summed E-state index contributed by atoms with van der Waals surface area (Å²) in [6.07, 6.45) is 6.26. The number of benzene rings is 1. The van der Waals surface area contributed by atoms with Crippen molar-refractivity contribution in [2.45, 2.75) is 45.3 Å². The number of aliphatic hydroxyl groups is 1. The monoisotopic (exact) mass is 311 g/mol. The van der Waals surface area contributed by atoms with Crippen molar-refractivity contribution in [1.29, 1.82) is 0 Å². The van der Waals surface area contributed by atoms with Crippen LogP contribution in [0.25, 0.3) is 0 Å². The first kappa shape index (κ1) is 16.1. The van der Waals surface area contributed by atoms with Crippen LogP contribution in [0.2, 0.25) is 0 Å². The number of nitrogens with zero attached hydrogens (tertiary/aromatic N) is 3. The highest BCUT2D eigenvalue weighted by Gasteiger charge is 2.34. The molecule has 0 atom stereocenters. The predicted molar refractivity (Wildman–Crippen MR) is 91.0 cm³/mol. The maximum atomic E-state index is 11.0. The van der Waals surface area contributed by atoms with E-state index in [2.05, 4.69) is 40.8 Å². The normalized spacial score (nSPS) is 18.0. The van der Waals surface area contributed by atoms with Crippen LogP contribution in [0, 0.1) is 6.92 Å². The van der Waals surface area contributed by atoms with Crippen molar-refractivity contribution in [3.05, 3.63) is 59.2 Å². The zero-order valence-electron chi connectivity index (χ0n) is 14.0. The lowest BCUT2D eigenvalue weighted by Crippen LogP contribution is -2.42. The molecule has 1 aromatic heterocycles. The molecule has 0 aliphatic carbocycles. The highest BCUT2D eigenvalue weighted by Crippen LogP contribution is 2.34. The zero-order chi connectivity index (χ0) is 16.3. The number of likely N-dealkylation sites (tertiary alicyclic amines) is 1. The van der Waals surface area contributed by atoms with E-state index in [1.54, 1.807) is 0 Å². The summed E-state index contributed by atoms with van der Waals surface area (Å²) in [6, 6.07) is 8.17. The second-order valence-electron chi connectivity index (χ2n) is 6.48. The quantitative estimate of drug-likeness (QED) is 0.943. The number of hydrogen-bond donors (Lipinski definition) is 1. The number of hydrogen-bond acceptors (Lipinski definition) is 4. The van der Waals surface area contributed by atoms with Gasteiger partial charge in [0.2, 0.25) is 0 Å². The molecule has 2 heterocycles.